The van der Waals surface area contributed by atoms with Crippen LogP contribution in [-0.4, -0.2) is 14.9 Å². The van der Waals surface area contributed by atoms with Gasteiger partial charge in [-0.3, -0.25) is 0 Å². The Kier molecular flexibility index (Phi) is 4.67. The Hall–Kier alpha value is -2.27. The molecule has 0 aliphatic heterocycles. The number of nitrogens with two attached hydrogens (primary N) is 1. The van der Waals surface area contributed by atoms with Crippen LogP contribution in [0.4, 0.5) is 0 Å². The van der Waals surface area contributed by atoms with E-state index in [9.17, 15) is 0 Å². The van der Waals surface area contributed by atoms with Gasteiger partial charge in [0, 0.05) is 12.2 Å². The second kappa shape index (κ2) is 6.87. The molecular formula is C18H20N4S. The fourth-order valence-corrected chi connectivity index (χ4v) is 3.28. The number of hydrogen-bond donors (Lipinski definition) is 1. The van der Waals surface area contributed by atoms with Crippen LogP contribution in [0, 0.1) is 13.8 Å². The first kappa shape index (κ1) is 15.6. The quantitative estimate of drug-likeness (QED) is 0.576. The molecule has 0 radical (unpaired) electrons. The van der Waals surface area contributed by atoms with Crippen molar-refractivity contribution in [3.63, 3.8) is 0 Å². The zero-order valence-electron chi connectivity index (χ0n) is 13.4. The van der Waals surface area contributed by atoms with Crippen molar-refractivity contribution in [2.75, 3.05) is 5.84 Å². The molecule has 4 nitrogen and oxygen atoms in total. The summed E-state index contributed by atoms with van der Waals surface area (Å²) in [5, 5.41) is 9.21. The fraction of sp³-hybridized carbons (Fsp3) is 0.222. The van der Waals surface area contributed by atoms with Crippen LogP contribution in [0.3, 0.4) is 0 Å². The molecule has 0 aliphatic rings. The van der Waals surface area contributed by atoms with E-state index in [1.165, 1.54) is 22.3 Å². The summed E-state index contributed by atoms with van der Waals surface area (Å²) in [6, 6.07) is 16.8. The maximum absolute atomic E-state index is 6.15. The molecule has 0 amide bonds. The van der Waals surface area contributed by atoms with E-state index in [0.717, 1.165) is 16.7 Å². The van der Waals surface area contributed by atoms with E-state index in [4.69, 9.17) is 5.84 Å². The summed E-state index contributed by atoms with van der Waals surface area (Å²) < 4.78 is 1.60. The monoisotopic (exact) mass is 324 g/mol. The second-order valence-electron chi connectivity index (χ2n) is 5.65. The van der Waals surface area contributed by atoms with Crippen LogP contribution in [0.5, 0.6) is 0 Å². The van der Waals surface area contributed by atoms with Gasteiger partial charge in [0.2, 0.25) is 5.16 Å². The van der Waals surface area contributed by atoms with Crippen molar-refractivity contribution in [3.05, 3.63) is 76.6 Å². The molecule has 3 aromatic rings. The molecule has 0 saturated heterocycles. The molecule has 118 valence electrons. The highest BCUT2D eigenvalue weighted by Gasteiger charge is 2.11. The third-order valence-electron chi connectivity index (χ3n) is 3.84. The minimum atomic E-state index is 0.689. The summed E-state index contributed by atoms with van der Waals surface area (Å²) in [6.07, 6.45) is 0.689. The van der Waals surface area contributed by atoms with Crippen LogP contribution in [0.1, 0.15) is 28.1 Å². The first-order valence-electron chi connectivity index (χ1n) is 7.55. The lowest BCUT2D eigenvalue weighted by Crippen LogP contribution is -2.14. The number of rotatable bonds is 5. The van der Waals surface area contributed by atoms with Crippen LogP contribution < -0.4 is 5.84 Å². The Morgan fingerprint density at radius 1 is 1.00 bits per heavy atom. The molecule has 23 heavy (non-hydrogen) atoms. The smallest absolute Gasteiger partial charge is 0.210 e. The number of nitrogens with zero attached hydrogens (tertiary/aromatic N) is 3. The van der Waals surface area contributed by atoms with Crippen LogP contribution in [0.25, 0.3) is 0 Å². The van der Waals surface area contributed by atoms with Crippen LogP contribution in [0.15, 0.2) is 53.7 Å². The summed E-state index contributed by atoms with van der Waals surface area (Å²) in [5.41, 5.74) is 5.01. The predicted molar refractivity (Wildman–Crippen MR) is 94.9 cm³/mol. The van der Waals surface area contributed by atoms with Crippen molar-refractivity contribution in [1.29, 1.82) is 0 Å². The van der Waals surface area contributed by atoms with E-state index >= 15 is 0 Å². The van der Waals surface area contributed by atoms with Crippen molar-refractivity contribution in [3.8, 4) is 0 Å². The first-order chi connectivity index (χ1) is 11.1. The van der Waals surface area contributed by atoms with Gasteiger partial charge in [-0.2, -0.15) is 0 Å². The average Bonchev–Trinajstić information content (AvgIpc) is 2.89. The maximum atomic E-state index is 6.15. The molecule has 3 rings (SSSR count). The highest BCUT2D eigenvalue weighted by molar-refractivity contribution is 7.98. The molecule has 2 aromatic carbocycles. The zero-order valence-corrected chi connectivity index (χ0v) is 14.2. The molecule has 1 heterocycles. The Labute approximate surface area is 140 Å². The summed E-state index contributed by atoms with van der Waals surface area (Å²) in [4.78, 5) is 0. The van der Waals surface area contributed by atoms with Gasteiger partial charge in [-0.05, 0) is 30.5 Å². The minimum Gasteiger partial charge on any atom is -0.336 e. The number of benzene rings is 2. The standard InChI is InChI=1S/C18H20N4S/c1-13-7-9-15(10-8-13)11-17-20-21-18(22(17)19)23-12-16-6-4-3-5-14(16)2/h3-10H,11-12,19H2,1-2H3. The van der Waals surface area contributed by atoms with Gasteiger partial charge in [-0.1, -0.05) is 65.9 Å². The fourth-order valence-electron chi connectivity index (χ4n) is 2.33. The lowest BCUT2D eigenvalue weighted by atomic mass is 10.1. The third kappa shape index (κ3) is 3.74. The summed E-state index contributed by atoms with van der Waals surface area (Å²) in [5.74, 6) is 7.77. The van der Waals surface area contributed by atoms with E-state index in [0.29, 0.717) is 6.42 Å². The number of aryl methyl sites for hydroxylation is 2. The molecule has 2 N–H and O–H groups in total. The molecule has 0 aliphatic carbocycles. The number of thioether (sulfide) groups is 1. The molecule has 0 bridgehead atoms. The molecule has 0 fully saturated rings. The zero-order chi connectivity index (χ0) is 16.2. The number of nitrogen functional groups attached to an aromatic ring is 1. The number of hydrogen-bond acceptors (Lipinski definition) is 4. The van der Waals surface area contributed by atoms with Gasteiger partial charge in [-0.15, -0.1) is 10.2 Å². The Bertz CT molecular complexity index is 793. The SMILES string of the molecule is Cc1ccc(Cc2nnc(SCc3ccccc3C)n2N)cc1. The normalized spacial score (nSPS) is 10.9. The molecule has 0 saturated carbocycles. The van der Waals surface area contributed by atoms with Gasteiger partial charge in [0.1, 0.15) is 0 Å². The van der Waals surface area contributed by atoms with E-state index in [2.05, 4.69) is 72.6 Å². The topological polar surface area (TPSA) is 56.7 Å². The maximum Gasteiger partial charge on any atom is 0.210 e. The predicted octanol–water partition coefficient (Wildman–Crippen LogP) is 3.49. The van der Waals surface area contributed by atoms with E-state index in [1.807, 2.05) is 0 Å². The van der Waals surface area contributed by atoms with Gasteiger partial charge >= 0.3 is 0 Å². The van der Waals surface area contributed by atoms with Crippen molar-refractivity contribution in [2.45, 2.75) is 31.2 Å². The van der Waals surface area contributed by atoms with Crippen molar-refractivity contribution in [1.82, 2.24) is 14.9 Å². The molecular weight excluding hydrogens is 304 g/mol. The second-order valence-corrected chi connectivity index (χ2v) is 6.59. The Morgan fingerprint density at radius 2 is 1.74 bits per heavy atom. The van der Waals surface area contributed by atoms with Gasteiger partial charge in [0.25, 0.3) is 0 Å². The largest absolute Gasteiger partial charge is 0.336 e. The molecule has 0 spiro atoms. The van der Waals surface area contributed by atoms with Crippen LogP contribution in [-0.2, 0) is 12.2 Å². The Balaban J connectivity index is 1.69. The summed E-state index contributed by atoms with van der Waals surface area (Å²) in [7, 11) is 0. The van der Waals surface area contributed by atoms with E-state index < -0.39 is 0 Å². The highest BCUT2D eigenvalue weighted by Crippen LogP contribution is 2.22. The van der Waals surface area contributed by atoms with E-state index in [1.54, 1.807) is 16.4 Å². The molecule has 1 aromatic heterocycles. The van der Waals surface area contributed by atoms with Crippen molar-refractivity contribution in [2.24, 2.45) is 0 Å². The lowest BCUT2D eigenvalue weighted by molar-refractivity contribution is 0.805. The van der Waals surface area contributed by atoms with E-state index in [-0.39, 0.29) is 0 Å². The average molecular weight is 324 g/mol. The van der Waals surface area contributed by atoms with Gasteiger partial charge in [-0.25, -0.2) is 4.68 Å². The highest BCUT2D eigenvalue weighted by atomic mass is 32.2. The first-order valence-corrected chi connectivity index (χ1v) is 8.54. The molecule has 0 atom stereocenters. The molecule has 5 heteroatoms. The Morgan fingerprint density at radius 3 is 2.48 bits per heavy atom. The lowest BCUT2D eigenvalue weighted by Gasteiger charge is -2.06. The van der Waals surface area contributed by atoms with Gasteiger partial charge in [0.05, 0.1) is 0 Å². The summed E-state index contributed by atoms with van der Waals surface area (Å²) in [6.45, 7) is 4.20. The van der Waals surface area contributed by atoms with Crippen molar-refractivity contribution >= 4 is 11.8 Å². The van der Waals surface area contributed by atoms with Gasteiger partial charge < -0.3 is 5.84 Å². The van der Waals surface area contributed by atoms with Gasteiger partial charge in [0.15, 0.2) is 5.82 Å². The van der Waals surface area contributed by atoms with Crippen LogP contribution >= 0.6 is 11.8 Å². The molecule has 0 unspecified atom stereocenters. The number of aromatic nitrogens is 3. The summed E-state index contributed by atoms with van der Waals surface area (Å²) >= 11 is 1.61. The third-order valence-corrected chi connectivity index (χ3v) is 4.83. The van der Waals surface area contributed by atoms with Crippen molar-refractivity contribution < 1.29 is 0 Å². The minimum absolute atomic E-state index is 0.689. The van der Waals surface area contributed by atoms with Crippen LogP contribution in [0.2, 0.25) is 0 Å².